The van der Waals surface area contributed by atoms with Crippen LogP contribution in [0.5, 0.6) is 0 Å². The Morgan fingerprint density at radius 2 is 2.00 bits per heavy atom. The highest BCUT2D eigenvalue weighted by Crippen LogP contribution is 2.26. The number of aromatic nitrogens is 1. The van der Waals surface area contributed by atoms with Crippen LogP contribution in [0.2, 0.25) is 0 Å². The number of likely N-dealkylation sites (tertiary alicyclic amines) is 1. The van der Waals surface area contributed by atoms with E-state index >= 15 is 0 Å². The minimum absolute atomic E-state index is 0.456. The fourth-order valence-electron chi connectivity index (χ4n) is 3.87. The van der Waals surface area contributed by atoms with E-state index < -0.39 is 5.91 Å². The number of nitrogens with one attached hydrogen (secondary N) is 2. The third kappa shape index (κ3) is 5.28. The SMILES string of the molecule is O=C(/C=C/c1ccc(N[C@@H]2CCN(C3CCCCCC3)C2)nc1)NO. The van der Waals surface area contributed by atoms with Gasteiger partial charge in [0.25, 0.3) is 5.91 Å². The summed E-state index contributed by atoms with van der Waals surface area (Å²) >= 11 is 0. The molecule has 6 heteroatoms. The molecule has 0 radical (unpaired) electrons. The summed E-state index contributed by atoms with van der Waals surface area (Å²) in [5.74, 6) is 0.322. The molecule has 1 aliphatic heterocycles. The molecule has 1 atom stereocenters. The number of pyridine rings is 1. The summed E-state index contributed by atoms with van der Waals surface area (Å²) in [4.78, 5) is 18.1. The summed E-state index contributed by atoms with van der Waals surface area (Å²) in [6.45, 7) is 2.28. The van der Waals surface area contributed by atoms with Gasteiger partial charge < -0.3 is 5.32 Å². The molecule has 0 bridgehead atoms. The van der Waals surface area contributed by atoms with Crippen molar-refractivity contribution >= 4 is 17.8 Å². The lowest BCUT2D eigenvalue weighted by atomic mass is 10.1. The second-order valence-corrected chi connectivity index (χ2v) is 7.06. The molecule has 2 fully saturated rings. The zero-order valence-corrected chi connectivity index (χ0v) is 14.7. The molecule has 0 spiro atoms. The average molecular weight is 344 g/mol. The monoisotopic (exact) mass is 344 g/mol. The van der Waals surface area contributed by atoms with Crippen molar-refractivity contribution in [1.29, 1.82) is 0 Å². The van der Waals surface area contributed by atoms with Crippen molar-refractivity contribution in [3.63, 3.8) is 0 Å². The zero-order valence-electron chi connectivity index (χ0n) is 14.7. The van der Waals surface area contributed by atoms with Crippen LogP contribution in [0.3, 0.4) is 0 Å². The quantitative estimate of drug-likeness (QED) is 0.331. The minimum Gasteiger partial charge on any atom is -0.366 e. The van der Waals surface area contributed by atoms with Crippen LogP contribution in [0.25, 0.3) is 6.08 Å². The van der Waals surface area contributed by atoms with Crippen LogP contribution in [-0.4, -0.2) is 46.2 Å². The minimum atomic E-state index is -0.549. The van der Waals surface area contributed by atoms with Gasteiger partial charge in [-0.05, 0) is 43.0 Å². The molecule has 1 saturated carbocycles. The number of carbonyl (C=O) groups excluding carboxylic acids is 1. The van der Waals surface area contributed by atoms with Gasteiger partial charge in [0.15, 0.2) is 0 Å². The summed E-state index contributed by atoms with van der Waals surface area (Å²) < 4.78 is 0. The lowest BCUT2D eigenvalue weighted by Gasteiger charge is -2.26. The third-order valence-electron chi connectivity index (χ3n) is 5.24. The Bertz CT molecular complexity index is 580. The molecule has 1 aliphatic carbocycles. The molecule has 0 unspecified atom stereocenters. The van der Waals surface area contributed by atoms with Gasteiger partial charge in [-0.3, -0.25) is 14.9 Å². The number of rotatable bonds is 5. The summed E-state index contributed by atoms with van der Waals surface area (Å²) in [5.41, 5.74) is 2.39. The Balaban J connectivity index is 1.49. The van der Waals surface area contributed by atoms with E-state index in [0.29, 0.717) is 6.04 Å². The van der Waals surface area contributed by atoms with Crippen molar-refractivity contribution in [2.24, 2.45) is 0 Å². The lowest BCUT2D eigenvalue weighted by molar-refractivity contribution is -0.124. The topological polar surface area (TPSA) is 77.5 Å². The van der Waals surface area contributed by atoms with Crippen LogP contribution >= 0.6 is 0 Å². The van der Waals surface area contributed by atoms with Gasteiger partial charge in [-0.2, -0.15) is 0 Å². The van der Waals surface area contributed by atoms with Crippen molar-refractivity contribution in [2.45, 2.75) is 57.0 Å². The maximum Gasteiger partial charge on any atom is 0.267 e. The lowest BCUT2D eigenvalue weighted by Crippen LogP contribution is -2.35. The molecule has 1 aromatic rings. The van der Waals surface area contributed by atoms with E-state index in [-0.39, 0.29) is 0 Å². The average Bonchev–Trinajstić information content (AvgIpc) is 2.93. The zero-order chi connectivity index (χ0) is 17.5. The maximum atomic E-state index is 11.0. The number of carbonyl (C=O) groups is 1. The highest BCUT2D eigenvalue weighted by Gasteiger charge is 2.28. The van der Waals surface area contributed by atoms with Crippen LogP contribution in [0.1, 0.15) is 50.5 Å². The van der Waals surface area contributed by atoms with Gasteiger partial charge in [0, 0.05) is 37.4 Å². The first kappa shape index (κ1) is 17.9. The Kier molecular flexibility index (Phi) is 6.42. The number of amides is 1. The van der Waals surface area contributed by atoms with E-state index in [1.807, 2.05) is 12.1 Å². The summed E-state index contributed by atoms with van der Waals surface area (Å²) in [7, 11) is 0. The molecule has 2 heterocycles. The molecule has 3 N–H and O–H groups in total. The van der Waals surface area contributed by atoms with E-state index in [1.165, 1.54) is 51.1 Å². The predicted molar refractivity (Wildman–Crippen MR) is 98.3 cm³/mol. The van der Waals surface area contributed by atoms with Crippen LogP contribution in [0, 0.1) is 0 Å². The first-order chi connectivity index (χ1) is 12.2. The Hall–Kier alpha value is -1.92. The molecule has 2 aliphatic rings. The van der Waals surface area contributed by atoms with E-state index in [4.69, 9.17) is 5.21 Å². The number of hydrogen-bond donors (Lipinski definition) is 3. The number of hydrogen-bond acceptors (Lipinski definition) is 5. The van der Waals surface area contributed by atoms with E-state index in [9.17, 15) is 4.79 Å². The van der Waals surface area contributed by atoms with Crippen LogP contribution in [-0.2, 0) is 4.79 Å². The number of nitrogens with zero attached hydrogens (tertiary/aromatic N) is 2. The second-order valence-electron chi connectivity index (χ2n) is 7.06. The van der Waals surface area contributed by atoms with Crippen molar-refractivity contribution in [3.8, 4) is 0 Å². The third-order valence-corrected chi connectivity index (χ3v) is 5.24. The highest BCUT2D eigenvalue weighted by atomic mass is 16.5. The van der Waals surface area contributed by atoms with Crippen molar-refractivity contribution in [2.75, 3.05) is 18.4 Å². The normalized spacial score (nSPS) is 22.8. The summed E-state index contributed by atoms with van der Waals surface area (Å²) in [5, 5.41) is 12.0. The fourth-order valence-corrected chi connectivity index (χ4v) is 3.87. The fraction of sp³-hybridized carbons (Fsp3) is 0.579. The van der Waals surface area contributed by atoms with E-state index in [1.54, 1.807) is 17.8 Å². The van der Waals surface area contributed by atoms with Gasteiger partial charge in [0.2, 0.25) is 0 Å². The first-order valence-electron chi connectivity index (χ1n) is 9.33. The molecular weight excluding hydrogens is 316 g/mol. The molecule has 1 aromatic heterocycles. The molecule has 25 heavy (non-hydrogen) atoms. The largest absolute Gasteiger partial charge is 0.366 e. The van der Waals surface area contributed by atoms with Crippen LogP contribution < -0.4 is 10.8 Å². The van der Waals surface area contributed by atoms with Gasteiger partial charge in [-0.25, -0.2) is 10.5 Å². The molecule has 1 saturated heterocycles. The van der Waals surface area contributed by atoms with Crippen molar-refractivity contribution in [1.82, 2.24) is 15.4 Å². The van der Waals surface area contributed by atoms with Gasteiger partial charge >= 0.3 is 0 Å². The van der Waals surface area contributed by atoms with Crippen LogP contribution in [0.4, 0.5) is 5.82 Å². The van der Waals surface area contributed by atoms with Crippen molar-refractivity contribution < 1.29 is 10.0 Å². The standard InChI is InChI=1S/C19H28N4O2/c24-19(22-25)10-8-15-7-9-18(20-13-15)21-16-11-12-23(14-16)17-5-3-1-2-4-6-17/h7-10,13,16-17,25H,1-6,11-12,14H2,(H,20,21)(H,22,24)/b10-8+/t16-/m1/s1. The molecule has 6 nitrogen and oxygen atoms in total. The number of hydroxylamine groups is 1. The Morgan fingerprint density at radius 1 is 1.20 bits per heavy atom. The molecule has 0 aromatic carbocycles. The van der Waals surface area contributed by atoms with Gasteiger partial charge in [0.05, 0.1) is 0 Å². The van der Waals surface area contributed by atoms with E-state index in [0.717, 1.165) is 30.4 Å². The molecule has 136 valence electrons. The Labute approximate surface area is 149 Å². The number of anilines is 1. The smallest absolute Gasteiger partial charge is 0.267 e. The second kappa shape index (κ2) is 8.97. The highest BCUT2D eigenvalue weighted by molar-refractivity contribution is 5.90. The van der Waals surface area contributed by atoms with Gasteiger partial charge in [-0.15, -0.1) is 0 Å². The van der Waals surface area contributed by atoms with E-state index in [2.05, 4.69) is 15.2 Å². The van der Waals surface area contributed by atoms with Gasteiger partial charge in [-0.1, -0.05) is 25.7 Å². The summed E-state index contributed by atoms with van der Waals surface area (Å²) in [6, 6.07) is 5.07. The van der Waals surface area contributed by atoms with Gasteiger partial charge in [0.1, 0.15) is 5.82 Å². The molecule has 3 rings (SSSR count). The maximum absolute atomic E-state index is 11.0. The molecular formula is C19H28N4O2. The predicted octanol–water partition coefficient (Wildman–Crippen LogP) is 2.81. The molecule has 1 amide bonds. The first-order valence-corrected chi connectivity index (χ1v) is 9.33. The summed E-state index contributed by atoms with van der Waals surface area (Å²) in [6.07, 6.45) is 14.0. The van der Waals surface area contributed by atoms with Crippen molar-refractivity contribution in [3.05, 3.63) is 30.0 Å². The Morgan fingerprint density at radius 3 is 2.68 bits per heavy atom. The van der Waals surface area contributed by atoms with Crippen LogP contribution in [0.15, 0.2) is 24.4 Å².